The Bertz CT molecular complexity index is 1080. The maximum absolute atomic E-state index is 13.2. The van der Waals surface area contributed by atoms with E-state index in [1.54, 1.807) is 4.90 Å². The molecule has 0 saturated heterocycles. The zero-order chi connectivity index (χ0) is 23.5. The quantitative estimate of drug-likeness (QED) is 0.408. The molecule has 2 aromatic carbocycles. The molecule has 3 aromatic rings. The normalized spacial score (nSPS) is 10.2. The minimum atomic E-state index is -0.537. The largest absolute Gasteiger partial charge is 0.393 e. The van der Waals surface area contributed by atoms with Crippen LogP contribution in [-0.2, 0) is 4.79 Å². The number of amides is 1. The van der Waals surface area contributed by atoms with Gasteiger partial charge in [0.15, 0.2) is 11.6 Å². The van der Waals surface area contributed by atoms with Crippen LogP contribution >= 0.6 is 0 Å². The molecule has 1 amide bonds. The molecule has 0 fully saturated rings. The van der Waals surface area contributed by atoms with Gasteiger partial charge in [0, 0.05) is 13.1 Å². The van der Waals surface area contributed by atoms with Crippen LogP contribution in [0.5, 0.6) is 0 Å². The second-order valence-electron chi connectivity index (χ2n) is 7.13. The van der Waals surface area contributed by atoms with Crippen molar-refractivity contribution in [2.45, 2.75) is 18.8 Å². The van der Waals surface area contributed by atoms with E-state index in [-0.39, 0.29) is 30.3 Å². The number of rotatable bonds is 10. The Balaban J connectivity index is 1.80. The van der Waals surface area contributed by atoms with Crippen molar-refractivity contribution in [1.29, 1.82) is 10.5 Å². The number of nitriles is 2. The van der Waals surface area contributed by atoms with E-state index in [1.807, 2.05) is 60.7 Å². The minimum absolute atomic E-state index is 0.213. The third-order valence-corrected chi connectivity index (χ3v) is 4.98. The van der Waals surface area contributed by atoms with Crippen molar-refractivity contribution in [3.8, 4) is 12.1 Å². The predicted octanol–water partition coefficient (Wildman–Crippen LogP) is 2.97. The number of hydrogen-bond donors (Lipinski definition) is 3. The number of anilines is 3. The SMILES string of the molecule is N#CCCN(CCC#N)c1ncnc(NNC(=O)C(c2ccccc2)c2ccccc2)c1N. The summed E-state index contributed by atoms with van der Waals surface area (Å²) in [5.74, 6) is -0.190. The van der Waals surface area contributed by atoms with Crippen LogP contribution in [0.4, 0.5) is 17.3 Å². The smallest absolute Gasteiger partial charge is 0.250 e. The molecule has 4 N–H and O–H groups in total. The van der Waals surface area contributed by atoms with Crippen LogP contribution in [0.15, 0.2) is 67.0 Å². The Morgan fingerprint density at radius 1 is 0.939 bits per heavy atom. The zero-order valence-electron chi connectivity index (χ0n) is 18.0. The standard InChI is InChI=1S/C24H24N8O/c25-13-7-15-32(16-8-14-26)23-21(27)22(28-17-29-23)30-31-24(33)20(18-9-3-1-4-10-18)19-11-5-2-6-12-19/h1-6,9-12,17,20H,7-8,15-16,27H2,(H,31,33)(H,28,29,30). The van der Waals surface area contributed by atoms with Crippen LogP contribution in [0, 0.1) is 22.7 Å². The molecule has 0 atom stereocenters. The van der Waals surface area contributed by atoms with Crippen molar-refractivity contribution in [2.75, 3.05) is 29.1 Å². The van der Waals surface area contributed by atoms with Crippen LogP contribution in [0.1, 0.15) is 29.9 Å². The zero-order valence-corrected chi connectivity index (χ0v) is 18.0. The summed E-state index contributed by atoms with van der Waals surface area (Å²) in [5.41, 5.74) is 13.7. The van der Waals surface area contributed by atoms with Gasteiger partial charge in [0.2, 0.25) is 5.91 Å². The van der Waals surface area contributed by atoms with Crippen LogP contribution in [0.3, 0.4) is 0 Å². The Morgan fingerprint density at radius 2 is 1.48 bits per heavy atom. The van der Waals surface area contributed by atoms with Gasteiger partial charge in [-0.25, -0.2) is 9.97 Å². The van der Waals surface area contributed by atoms with Gasteiger partial charge in [-0.1, -0.05) is 60.7 Å². The molecule has 0 aliphatic heterocycles. The van der Waals surface area contributed by atoms with E-state index < -0.39 is 5.92 Å². The van der Waals surface area contributed by atoms with Gasteiger partial charge in [0.05, 0.1) is 30.9 Å². The van der Waals surface area contributed by atoms with Gasteiger partial charge in [-0.05, 0) is 11.1 Å². The fraction of sp³-hybridized carbons (Fsp3) is 0.208. The van der Waals surface area contributed by atoms with Crippen molar-refractivity contribution >= 4 is 23.2 Å². The molecule has 0 radical (unpaired) electrons. The van der Waals surface area contributed by atoms with Crippen LogP contribution in [-0.4, -0.2) is 29.0 Å². The Hall–Kier alpha value is -4.63. The summed E-state index contributed by atoms with van der Waals surface area (Å²) >= 11 is 0. The summed E-state index contributed by atoms with van der Waals surface area (Å²) in [6.45, 7) is 0.741. The highest BCUT2D eigenvalue weighted by Crippen LogP contribution is 2.27. The first-order valence-electron chi connectivity index (χ1n) is 10.4. The van der Waals surface area contributed by atoms with Crippen molar-refractivity contribution < 1.29 is 4.79 Å². The van der Waals surface area contributed by atoms with Gasteiger partial charge >= 0.3 is 0 Å². The van der Waals surface area contributed by atoms with Crippen LogP contribution in [0.2, 0.25) is 0 Å². The lowest BCUT2D eigenvalue weighted by Gasteiger charge is -2.24. The summed E-state index contributed by atoms with van der Waals surface area (Å²) < 4.78 is 0. The lowest BCUT2D eigenvalue weighted by molar-refractivity contribution is -0.121. The van der Waals surface area contributed by atoms with E-state index in [1.165, 1.54) is 6.33 Å². The van der Waals surface area contributed by atoms with E-state index in [9.17, 15) is 4.79 Å². The monoisotopic (exact) mass is 440 g/mol. The van der Waals surface area contributed by atoms with Crippen molar-refractivity contribution in [3.63, 3.8) is 0 Å². The number of benzene rings is 2. The molecule has 9 nitrogen and oxygen atoms in total. The van der Waals surface area contributed by atoms with E-state index >= 15 is 0 Å². The summed E-state index contributed by atoms with van der Waals surface area (Å²) in [4.78, 5) is 23.3. The summed E-state index contributed by atoms with van der Waals surface area (Å²) in [5, 5.41) is 17.9. The number of hydrogen-bond acceptors (Lipinski definition) is 8. The molecular weight excluding hydrogens is 416 g/mol. The summed E-state index contributed by atoms with van der Waals surface area (Å²) in [6, 6.07) is 23.1. The highest BCUT2D eigenvalue weighted by Gasteiger charge is 2.23. The third kappa shape index (κ3) is 5.96. The van der Waals surface area contributed by atoms with Gasteiger partial charge in [0.1, 0.15) is 12.0 Å². The van der Waals surface area contributed by atoms with Crippen molar-refractivity contribution in [1.82, 2.24) is 15.4 Å². The maximum atomic E-state index is 13.2. The number of hydrazine groups is 1. The molecule has 0 aliphatic carbocycles. The number of nitrogens with one attached hydrogen (secondary N) is 2. The minimum Gasteiger partial charge on any atom is -0.393 e. The highest BCUT2D eigenvalue weighted by atomic mass is 16.2. The topological polar surface area (TPSA) is 144 Å². The molecule has 33 heavy (non-hydrogen) atoms. The fourth-order valence-electron chi connectivity index (χ4n) is 3.41. The molecule has 0 spiro atoms. The Labute approximate surface area is 192 Å². The lowest BCUT2D eigenvalue weighted by Crippen LogP contribution is -2.35. The van der Waals surface area contributed by atoms with Crippen molar-refractivity contribution in [2.24, 2.45) is 0 Å². The van der Waals surface area contributed by atoms with Gasteiger partial charge in [-0.15, -0.1) is 0 Å². The number of aromatic nitrogens is 2. The molecule has 0 unspecified atom stereocenters. The molecule has 166 valence electrons. The van der Waals surface area contributed by atoms with Crippen LogP contribution < -0.4 is 21.5 Å². The maximum Gasteiger partial charge on any atom is 0.250 e. The molecule has 0 bridgehead atoms. The summed E-state index contributed by atoms with van der Waals surface area (Å²) in [6.07, 6.45) is 1.83. The second-order valence-corrected chi connectivity index (χ2v) is 7.13. The van der Waals surface area contributed by atoms with E-state index in [0.29, 0.717) is 18.9 Å². The molecule has 0 aliphatic rings. The van der Waals surface area contributed by atoms with Gasteiger partial charge < -0.3 is 10.6 Å². The number of carbonyl (C=O) groups excluding carboxylic acids is 1. The summed E-state index contributed by atoms with van der Waals surface area (Å²) in [7, 11) is 0. The molecular formula is C24H24N8O. The predicted molar refractivity (Wildman–Crippen MR) is 126 cm³/mol. The molecule has 0 saturated carbocycles. The number of carbonyl (C=O) groups is 1. The second kappa shape index (κ2) is 11.7. The fourth-order valence-corrected chi connectivity index (χ4v) is 3.41. The Morgan fingerprint density at radius 3 is 2.00 bits per heavy atom. The number of nitrogens with zero attached hydrogens (tertiary/aromatic N) is 5. The molecule has 1 heterocycles. The van der Waals surface area contributed by atoms with Gasteiger partial charge in [-0.2, -0.15) is 10.5 Å². The van der Waals surface area contributed by atoms with E-state index in [0.717, 1.165) is 11.1 Å². The first-order chi connectivity index (χ1) is 16.2. The first-order valence-corrected chi connectivity index (χ1v) is 10.4. The van der Waals surface area contributed by atoms with E-state index in [4.69, 9.17) is 16.3 Å². The van der Waals surface area contributed by atoms with Gasteiger partial charge in [0.25, 0.3) is 0 Å². The average Bonchev–Trinajstić information content (AvgIpc) is 2.85. The highest BCUT2D eigenvalue weighted by molar-refractivity contribution is 5.88. The van der Waals surface area contributed by atoms with E-state index in [2.05, 4.69) is 33.0 Å². The molecule has 3 rings (SSSR count). The average molecular weight is 441 g/mol. The first kappa shape index (κ1) is 23.0. The van der Waals surface area contributed by atoms with Gasteiger partial charge in [-0.3, -0.25) is 15.6 Å². The Kier molecular flexibility index (Phi) is 8.15. The molecule has 1 aromatic heterocycles. The number of nitrogens with two attached hydrogens (primary N) is 1. The third-order valence-electron chi connectivity index (χ3n) is 4.98. The van der Waals surface area contributed by atoms with Crippen LogP contribution in [0.25, 0.3) is 0 Å². The number of nitrogen functional groups attached to an aromatic ring is 1. The molecule has 9 heteroatoms. The lowest BCUT2D eigenvalue weighted by atomic mass is 9.91. The van der Waals surface area contributed by atoms with Crippen molar-refractivity contribution in [3.05, 3.63) is 78.1 Å².